The monoisotopic (exact) mass is 562 g/mol. The van der Waals surface area contributed by atoms with Gasteiger partial charge in [-0.05, 0) is 94.4 Å². The minimum atomic E-state index is -4.06. The van der Waals surface area contributed by atoms with Crippen LogP contribution in [0.1, 0.15) is 29.4 Å². The second-order valence-corrected chi connectivity index (χ2v) is 11.0. The molecule has 208 valence electrons. The van der Waals surface area contributed by atoms with E-state index in [4.69, 9.17) is 4.74 Å². The molecule has 0 aliphatic rings. The summed E-state index contributed by atoms with van der Waals surface area (Å²) in [6.45, 7) is 7.50. The summed E-state index contributed by atoms with van der Waals surface area (Å²) in [5, 5.41) is 4.08. The molecule has 0 aliphatic heterocycles. The normalized spacial score (nSPS) is 11.5. The van der Waals surface area contributed by atoms with E-state index in [1.54, 1.807) is 48.5 Å². The SMILES string of the molecule is CCOc1ccc(N(CC(=O)N/N=C\c2cc(C)n(-c3ccc(F)cc3)c2C)S(=O)(=O)c2ccc(C)cc2)cc1. The van der Waals surface area contributed by atoms with E-state index in [0.29, 0.717) is 18.0 Å². The van der Waals surface area contributed by atoms with Crippen LogP contribution in [0.4, 0.5) is 10.1 Å². The molecule has 8 nitrogen and oxygen atoms in total. The first kappa shape index (κ1) is 28.6. The number of anilines is 1. The van der Waals surface area contributed by atoms with Gasteiger partial charge in [0.25, 0.3) is 15.9 Å². The predicted molar refractivity (Wildman–Crippen MR) is 154 cm³/mol. The maximum Gasteiger partial charge on any atom is 0.264 e. The van der Waals surface area contributed by atoms with Gasteiger partial charge >= 0.3 is 0 Å². The molecule has 3 aromatic carbocycles. The van der Waals surface area contributed by atoms with Gasteiger partial charge in [-0.15, -0.1) is 0 Å². The summed E-state index contributed by atoms with van der Waals surface area (Å²) in [5.74, 6) is -0.348. The number of rotatable bonds is 10. The molecule has 40 heavy (non-hydrogen) atoms. The second-order valence-electron chi connectivity index (χ2n) is 9.18. The number of aromatic nitrogens is 1. The first-order valence-corrected chi connectivity index (χ1v) is 14.1. The molecule has 1 N–H and O–H groups in total. The Morgan fingerprint density at radius 3 is 2.27 bits per heavy atom. The smallest absolute Gasteiger partial charge is 0.264 e. The molecule has 4 aromatic rings. The fourth-order valence-electron chi connectivity index (χ4n) is 4.27. The van der Waals surface area contributed by atoms with E-state index in [0.717, 1.165) is 32.5 Å². The summed E-state index contributed by atoms with van der Waals surface area (Å²) < 4.78 is 49.0. The van der Waals surface area contributed by atoms with Crippen molar-refractivity contribution in [2.24, 2.45) is 5.10 Å². The standard InChI is InChI=1S/C30H31FN4O4S/c1-5-39-28-14-12-26(13-15-28)34(40(37,38)29-16-6-21(2)7-17-29)20-30(36)33-32-19-24-18-22(3)35(23(24)4)27-10-8-25(31)9-11-27/h6-19H,5,20H2,1-4H3,(H,33,36)/b32-19-. The summed E-state index contributed by atoms with van der Waals surface area (Å²) in [6.07, 6.45) is 1.50. The lowest BCUT2D eigenvalue weighted by Crippen LogP contribution is -2.39. The van der Waals surface area contributed by atoms with Gasteiger partial charge in [-0.3, -0.25) is 9.10 Å². The van der Waals surface area contributed by atoms with Crippen molar-refractivity contribution in [2.75, 3.05) is 17.5 Å². The summed E-state index contributed by atoms with van der Waals surface area (Å²) in [5.41, 5.74) is 6.96. The molecule has 0 aliphatic carbocycles. The van der Waals surface area contributed by atoms with Gasteiger partial charge in [-0.1, -0.05) is 17.7 Å². The number of ether oxygens (including phenoxy) is 1. The van der Waals surface area contributed by atoms with E-state index < -0.39 is 22.5 Å². The van der Waals surface area contributed by atoms with E-state index in [-0.39, 0.29) is 10.7 Å². The van der Waals surface area contributed by atoms with Gasteiger partial charge in [0.15, 0.2) is 0 Å². The number of hydrogen-bond donors (Lipinski definition) is 1. The first-order valence-electron chi connectivity index (χ1n) is 12.7. The number of nitrogens with one attached hydrogen (secondary N) is 1. The Hall–Kier alpha value is -4.44. The number of hydrogen-bond acceptors (Lipinski definition) is 5. The van der Waals surface area contributed by atoms with Crippen LogP contribution in [0, 0.1) is 26.6 Å². The molecule has 1 aromatic heterocycles. The van der Waals surface area contributed by atoms with E-state index in [2.05, 4.69) is 10.5 Å². The number of hydrazone groups is 1. The lowest BCUT2D eigenvalue weighted by Gasteiger charge is -2.24. The van der Waals surface area contributed by atoms with Gasteiger partial charge in [-0.2, -0.15) is 5.10 Å². The molecule has 0 saturated heterocycles. The Labute approximate surface area is 233 Å². The number of amides is 1. The van der Waals surface area contributed by atoms with Crippen molar-refractivity contribution in [3.8, 4) is 11.4 Å². The lowest BCUT2D eigenvalue weighted by atomic mass is 10.2. The highest BCUT2D eigenvalue weighted by Gasteiger charge is 2.27. The van der Waals surface area contributed by atoms with Gasteiger partial charge in [0, 0.05) is 22.6 Å². The van der Waals surface area contributed by atoms with Crippen LogP contribution in [0.15, 0.2) is 88.9 Å². The summed E-state index contributed by atoms with van der Waals surface area (Å²) in [7, 11) is -4.06. The van der Waals surface area contributed by atoms with Crippen molar-refractivity contribution in [1.29, 1.82) is 0 Å². The maximum absolute atomic E-state index is 13.6. The number of carbonyl (C=O) groups is 1. The Morgan fingerprint density at radius 2 is 1.65 bits per heavy atom. The molecular formula is C30H31FN4O4S. The third-order valence-electron chi connectivity index (χ3n) is 6.28. The van der Waals surface area contributed by atoms with Gasteiger partial charge in [0.1, 0.15) is 18.1 Å². The van der Waals surface area contributed by atoms with Crippen LogP contribution in [0.2, 0.25) is 0 Å². The van der Waals surface area contributed by atoms with Gasteiger partial charge in [-0.25, -0.2) is 18.2 Å². The third kappa shape index (κ3) is 6.40. The molecule has 0 unspecified atom stereocenters. The molecule has 0 radical (unpaired) electrons. The Kier molecular flexibility index (Phi) is 8.69. The average molecular weight is 563 g/mol. The van der Waals surface area contributed by atoms with Crippen molar-refractivity contribution in [3.63, 3.8) is 0 Å². The van der Waals surface area contributed by atoms with Gasteiger partial charge in [0.05, 0.1) is 23.4 Å². The molecule has 0 atom stereocenters. The van der Waals surface area contributed by atoms with Gasteiger partial charge in [0.2, 0.25) is 0 Å². The molecule has 4 rings (SSSR count). The van der Waals surface area contributed by atoms with Crippen molar-refractivity contribution in [1.82, 2.24) is 9.99 Å². The molecular weight excluding hydrogens is 531 g/mol. The Bertz CT molecular complexity index is 1610. The second kappa shape index (κ2) is 12.2. The lowest BCUT2D eigenvalue weighted by molar-refractivity contribution is -0.119. The number of aryl methyl sites for hydroxylation is 2. The Balaban J connectivity index is 1.55. The van der Waals surface area contributed by atoms with Crippen molar-refractivity contribution >= 4 is 27.8 Å². The van der Waals surface area contributed by atoms with Crippen LogP contribution >= 0.6 is 0 Å². The fraction of sp³-hybridized carbons (Fsp3) is 0.200. The van der Waals surface area contributed by atoms with Crippen LogP contribution in [-0.4, -0.2) is 38.3 Å². The largest absolute Gasteiger partial charge is 0.494 e. The first-order chi connectivity index (χ1) is 19.1. The zero-order valence-electron chi connectivity index (χ0n) is 22.8. The van der Waals surface area contributed by atoms with Crippen LogP contribution in [0.3, 0.4) is 0 Å². The number of sulfonamides is 1. The summed E-state index contributed by atoms with van der Waals surface area (Å²) >= 11 is 0. The number of carbonyl (C=O) groups excluding carboxylic acids is 1. The fourth-order valence-corrected chi connectivity index (χ4v) is 5.69. The molecule has 1 heterocycles. The van der Waals surface area contributed by atoms with Crippen molar-refractivity contribution in [3.05, 3.63) is 107 Å². The minimum absolute atomic E-state index is 0.0662. The third-order valence-corrected chi connectivity index (χ3v) is 8.07. The van der Waals surface area contributed by atoms with Crippen molar-refractivity contribution in [2.45, 2.75) is 32.6 Å². The topological polar surface area (TPSA) is 93.0 Å². The van der Waals surface area contributed by atoms with Crippen LogP contribution in [0.25, 0.3) is 5.69 Å². The maximum atomic E-state index is 13.6. The highest BCUT2D eigenvalue weighted by Crippen LogP contribution is 2.26. The zero-order chi connectivity index (χ0) is 28.9. The zero-order valence-corrected chi connectivity index (χ0v) is 23.6. The number of nitrogens with zero attached hydrogens (tertiary/aromatic N) is 3. The minimum Gasteiger partial charge on any atom is -0.494 e. The van der Waals surface area contributed by atoms with Crippen molar-refractivity contribution < 1.29 is 22.3 Å². The quantitative estimate of drug-likeness (QED) is 0.210. The molecule has 10 heteroatoms. The van der Waals surface area contributed by atoms with E-state index >= 15 is 0 Å². The molecule has 0 saturated carbocycles. The molecule has 1 amide bonds. The number of halogens is 1. The number of benzene rings is 3. The highest BCUT2D eigenvalue weighted by molar-refractivity contribution is 7.92. The molecule has 0 bridgehead atoms. The highest BCUT2D eigenvalue weighted by atomic mass is 32.2. The van der Waals surface area contributed by atoms with Gasteiger partial charge < -0.3 is 9.30 Å². The van der Waals surface area contributed by atoms with E-state index in [9.17, 15) is 17.6 Å². The summed E-state index contributed by atoms with van der Waals surface area (Å²) in [6, 6.07) is 21.0. The van der Waals surface area contributed by atoms with E-state index in [1.165, 1.54) is 30.5 Å². The van der Waals surface area contributed by atoms with Crippen LogP contribution in [-0.2, 0) is 14.8 Å². The molecule has 0 fully saturated rings. The van der Waals surface area contributed by atoms with Crippen LogP contribution in [0.5, 0.6) is 5.75 Å². The summed E-state index contributed by atoms with van der Waals surface area (Å²) in [4.78, 5) is 13.0. The molecule has 0 spiro atoms. The van der Waals surface area contributed by atoms with E-state index in [1.807, 2.05) is 38.3 Å². The average Bonchev–Trinajstić information content (AvgIpc) is 3.21. The van der Waals surface area contributed by atoms with Crippen LogP contribution < -0.4 is 14.5 Å². The predicted octanol–water partition coefficient (Wildman–Crippen LogP) is 5.29. The Morgan fingerprint density at radius 1 is 1.00 bits per heavy atom.